The van der Waals surface area contributed by atoms with Crippen molar-refractivity contribution >= 4 is 16.8 Å². The van der Waals surface area contributed by atoms with Gasteiger partial charge in [0.2, 0.25) is 0 Å². The summed E-state index contributed by atoms with van der Waals surface area (Å²) in [7, 11) is 0. The van der Waals surface area contributed by atoms with Crippen molar-refractivity contribution in [3.05, 3.63) is 64.2 Å². The van der Waals surface area contributed by atoms with Gasteiger partial charge in [-0.25, -0.2) is 4.98 Å². The molecular weight excluding hydrogens is 404 g/mol. The third-order valence-electron chi connectivity index (χ3n) is 5.40. The maximum absolute atomic E-state index is 13.3. The Hall–Kier alpha value is -3.19. The van der Waals surface area contributed by atoms with Crippen LogP contribution in [0.4, 0.5) is 0 Å². The van der Waals surface area contributed by atoms with Crippen LogP contribution in [0.5, 0.6) is 5.75 Å². The summed E-state index contributed by atoms with van der Waals surface area (Å²) >= 11 is 0. The van der Waals surface area contributed by atoms with Crippen LogP contribution in [0.1, 0.15) is 49.5 Å². The predicted molar refractivity (Wildman–Crippen MR) is 126 cm³/mol. The Morgan fingerprint density at radius 2 is 1.97 bits per heavy atom. The minimum absolute atomic E-state index is 0.0202. The average molecular weight is 435 g/mol. The van der Waals surface area contributed by atoms with E-state index in [0.717, 1.165) is 18.4 Å². The molecule has 1 amide bonds. The van der Waals surface area contributed by atoms with Crippen molar-refractivity contribution in [1.82, 2.24) is 20.2 Å². The molecule has 4 rings (SSSR count). The average Bonchev–Trinajstić information content (AvgIpc) is 3.56. The van der Waals surface area contributed by atoms with Gasteiger partial charge >= 0.3 is 0 Å². The SMILES string of the molecule is Cc1ccc(C(=O)NC2CC2)cc1-n1cnc2ccc(OCCNC(C)(C)C)cc2c1=O. The van der Waals surface area contributed by atoms with Crippen LogP contribution in [0.25, 0.3) is 16.6 Å². The van der Waals surface area contributed by atoms with Gasteiger partial charge in [0.05, 0.1) is 16.6 Å². The fourth-order valence-corrected chi connectivity index (χ4v) is 3.46. The van der Waals surface area contributed by atoms with Gasteiger partial charge in [-0.05, 0) is 76.4 Å². The molecule has 1 aliphatic rings. The highest BCUT2D eigenvalue weighted by atomic mass is 16.5. The van der Waals surface area contributed by atoms with Gasteiger partial charge in [0.1, 0.15) is 18.7 Å². The molecule has 1 heterocycles. The van der Waals surface area contributed by atoms with Crippen LogP contribution in [0.2, 0.25) is 0 Å². The Balaban J connectivity index is 1.61. The standard InChI is InChI=1S/C25H30N4O3/c1-16-5-6-17(23(30)28-18-7-8-18)13-22(16)29-15-26-21-10-9-19(14-20(21)24(29)31)32-12-11-27-25(2,3)4/h5-6,9-10,13-15,18,27H,7-8,11-12H2,1-4H3,(H,28,30). The number of fused-ring (bicyclic) bond motifs is 1. The summed E-state index contributed by atoms with van der Waals surface area (Å²) in [6, 6.07) is 11.0. The zero-order valence-corrected chi connectivity index (χ0v) is 19.1. The lowest BCUT2D eigenvalue weighted by Gasteiger charge is -2.20. The lowest BCUT2D eigenvalue weighted by molar-refractivity contribution is 0.0951. The minimum Gasteiger partial charge on any atom is -0.492 e. The van der Waals surface area contributed by atoms with E-state index in [0.29, 0.717) is 41.1 Å². The number of nitrogens with one attached hydrogen (secondary N) is 2. The number of aromatic nitrogens is 2. The normalized spacial score (nSPS) is 13.9. The van der Waals surface area contributed by atoms with Gasteiger partial charge in [-0.1, -0.05) is 6.07 Å². The molecule has 0 unspecified atom stereocenters. The Morgan fingerprint density at radius 3 is 2.69 bits per heavy atom. The molecule has 168 valence electrons. The number of hydrogen-bond acceptors (Lipinski definition) is 5. The van der Waals surface area contributed by atoms with Crippen LogP contribution < -0.4 is 20.9 Å². The number of carbonyl (C=O) groups is 1. The first-order valence-corrected chi connectivity index (χ1v) is 11.0. The fraction of sp³-hybridized carbons (Fsp3) is 0.400. The molecular formula is C25H30N4O3. The van der Waals surface area contributed by atoms with E-state index in [4.69, 9.17) is 4.74 Å². The van der Waals surface area contributed by atoms with E-state index in [2.05, 4.69) is 36.4 Å². The van der Waals surface area contributed by atoms with E-state index in [9.17, 15) is 9.59 Å². The van der Waals surface area contributed by atoms with Crippen LogP contribution in [0.15, 0.2) is 47.5 Å². The first-order chi connectivity index (χ1) is 15.2. The number of hydrogen-bond donors (Lipinski definition) is 2. The number of ether oxygens (including phenoxy) is 1. The number of rotatable bonds is 7. The van der Waals surface area contributed by atoms with Crippen LogP contribution in [0, 0.1) is 6.92 Å². The molecule has 0 aliphatic heterocycles. The molecule has 3 aromatic rings. The van der Waals surface area contributed by atoms with Gasteiger partial charge in [-0.3, -0.25) is 14.2 Å². The molecule has 32 heavy (non-hydrogen) atoms. The quantitative estimate of drug-likeness (QED) is 0.557. The summed E-state index contributed by atoms with van der Waals surface area (Å²) in [5, 5.41) is 6.83. The van der Waals surface area contributed by atoms with E-state index in [1.165, 1.54) is 10.9 Å². The third kappa shape index (κ3) is 5.16. The lowest BCUT2D eigenvalue weighted by atomic mass is 10.1. The Kier molecular flexibility index (Phi) is 6.02. The lowest BCUT2D eigenvalue weighted by Crippen LogP contribution is -2.38. The molecule has 2 aromatic carbocycles. The predicted octanol–water partition coefficient (Wildman–Crippen LogP) is 3.35. The highest BCUT2D eigenvalue weighted by Crippen LogP contribution is 2.22. The van der Waals surface area contributed by atoms with Crippen molar-refractivity contribution < 1.29 is 9.53 Å². The molecule has 1 aromatic heterocycles. The van der Waals surface area contributed by atoms with Crippen molar-refractivity contribution in [3.8, 4) is 11.4 Å². The molecule has 0 spiro atoms. The summed E-state index contributed by atoms with van der Waals surface area (Å²) in [4.78, 5) is 30.3. The van der Waals surface area contributed by atoms with Gasteiger partial charge < -0.3 is 15.4 Å². The van der Waals surface area contributed by atoms with Gasteiger partial charge in [0, 0.05) is 23.7 Å². The summed E-state index contributed by atoms with van der Waals surface area (Å²) in [6.45, 7) is 9.41. The summed E-state index contributed by atoms with van der Waals surface area (Å²) in [5.41, 5.74) is 2.49. The van der Waals surface area contributed by atoms with Crippen LogP contribution in [-0.4, -0.2) is 40.2 Å². The largest absolute Gasteiger partial charge is 0.492 e. The van der Waals surface area contributed by atoms with Gasteiger partial charge in [0.15, 0.2) is 0 Å². The molecule has 0 radical (unpaired) electrons. The number of benzene rings is 2. The zero-order chi connectivity index (χ0) is 22.9. The van der Waals surface area contributed by atoms with Crippen LogP contribution >= 0.6 is 0 Å². The molecule has 0 saturated heterocycles. The summed E-state index contributed by atoms with van der Waals surface area (Å²) < 4.78 is 7.33. The monoisotopic (exact) mass is 434 g/mol. The van der Waals surface area contributed by atoms with Crippen LogP contribution in [0.3, 0.4) is 0 Å². The van der Waals surface area contributed by atoms with E-state index in [1.807, 2.05) is 19.1 Å². The molecule has 2 N–H and O–H groups in total. The van der Waals surface area contributed by atoms with E-state index >= 15 is 0 Å². The molecule has 1 fully saturated rings. The molecule has 1 aliphatic carbocycles. The van der Waals surface area contributed by atoms with Crippen molar-refractivity contribution in [3.63, 3.8) is 0 Å². The third-order valence-corrected chi connectivity index (χ3v) is 5.40. The van der Waals surface area contributed by atoms with E-state index in [1.54, 1.807) is 24.3 Å². The zero-order valence-electron chi connectivity index (χ0n) is 19.1. The van der Waals surface area contributed by atoms with Gasteiger partial charge in [0.25, 0.3) is 11.5 Å². The summed E-state index contributed by atoms with van der Waals surface area (Å²) in [5.74, 6) is 0.509. The van der Waals surface area contributed by atoms with Crippen LogP contribution in [-0.2, 0) is 0 Å². The fourth-order valence-electron chi connectivity index (χ4n) is 3.46. The van der Waals surface area contributed by atoms with Crippen molar-refractivity contribution in [2.45, 2.75) is 52.1 Å². The molecule has 7 heteroatoms. The van der Waals surface area contributed by atoms with Crippen molar-refractivity contribution in [1.29, 1.82) is 0 Å². The Bertz CT molecular complexity index is 1210. The second kappa shape index (κ2) is 8.74. The van der Waals surface area contributed by atoms with Crippen molar-refractivity contribution in [2.24, 2.45) is 0 Å². The van der Waals surface area contributed by atoms with E-state index in [-0.39, 0.29) is 23.0 Å². The molecule has 0 atom stereocenters. The molecule has 1 saturated carbocycles. The Labute approximate surface area is 187 Å². The highest BCUT2D eigenvalue weighted by Gasteiger charge is 2.24. The Morgan fingerprint density at radius 1 is 1.19 bits per heavy atom. The van der Waals surface area contributed by atoms with Gasteiger partial charge in [-0.15, -0.1) is 0 Å². The smallest absolute Gasteiger partial charge is 0.265 e. The second-order valence-corrected chi connectivity index (χ2v) is 9.37. The number of carbonyl (C=O) groups excluding carboxylic acids is 1. The number of aryl methyl sites for hydroxylation is 1. The second-order valence-electron chi connectivity index (χ2n) is 9.37. The topological polar surface area (TPSA) is 85.2 Å². The first-order valence-electron chi connectivity index (χ1n) is 11.0. The highest BCUT2D eigenvalue weighted by molar-refractivity contribution is 5.95. The van der Waals surface area contributed by atoms with Crippen molar-refractivity contribution in [2.75, 3.05) is 13.2 Å². The maximum Gasteiger partial charge on any atom is 0.265 e. The summed E-state index contributed by atoms with van der Waals surface area (Å²) in [6.07, 6.45) is 3.56. The van der Waals surface area contributed by atoms with E-state index < -0.39 is 0 Å². The maximum atomic E-state index is 13.3. The minimum atomic E-state index is -0.198. The van der Waals surface area contributed by atoms with Gasteiger partial charge in [-0.2, -0.15) is 0 Å². The number of amides is 1. The first kappa shape index (κ1) is 22.0. The number of nitrogens with zero attached hydrogens (tertiary/aromatic N) is 2. The molecule has 7 nitrogen and oxygen atoms in total. The molecule has 0 bridgehead atoms.